The van der Waals surface area contributed by atoms with Crippen LogP contribution in [0.2, 0.25) is 0 Å². The van der Waals surface area contributed by atoms with Crippen molar-refractivity contribution in [2.24, 2.45) is 11.3 Å². The maximum absolute atomic E-state index is 13.6. The van der Waals surface area contributed by atoms with Gasteiger partial charge in [-0.1, -0.05) is 18.2 Å². The fourth-order valence-corrected chi connectivity index (χ4v) is 7.06. The summed E-state index contributed by atoms with van der Waals surface area (Å²) in [6.45, 7) is 9.26. The number of H-pyrrole nitrogens is 1. The summed E-state index contributed by atoms with van der Waals surface area (Å²) >= 11 is 1.50. The summed E-state index contributed by atoms with van der Waals surface area (Å²) < 4.78 is 7.57. The van der Waals surface area contributed by atoms with E-state index in [1.807, 2.05) is 51.3 Å². The van der Waals surface area contributed by atoms with E-state index in [9.17, 15) is 14.4 Å². The van der Waals surface area contributed by atoms with Crippen molar-refractivity contribution in [3.05, 3.63) is 63.2 Å². The number of carbonyl (C=O) groups is 2. The summed E-state index contributed by atoms with van der Waals surface area (Å²) in [5.74, 6) is 0.374. The normalized spacial score (nSPS) is 21.0. The number of thioether (sulfide) groups is 1. The van der Waals surface area contributed by atoms with Gasteiger partial charge >= 0.3 is 0 Å². The zero-order valence-electron chi connectivity index (χ0n) is 24.1. The van der Waals surface area contributed by atoms with E-state index >= 15 is 0 Å². The Morgan fingerprint density at radius 2 is 1.88 bits per heavy atom. The maximum atomic E-state index is 13.6. The molecule has 5 rings (SSSR count). The van der Waals surface area contributed by atoms with Crippen molar-refractivity contribution in [1.82, 2.24) is 20.2 Å². The molecule has 2 amide bonds. The first-order valence-corrected chi connectivity index (χ1v) is 15.4. The number of rotatable bonds is 8. The van der Waals surface area contributed by atoms with Gasteiger partial charge in [-0.05, 0) is 77.7 Å². The molecule has 0 spiro atoms. The summed E-state index contributed by atoms with van der Waals surface area (Å²) in [5.41, 5.74) is 3.46. The van der Waals surface area contributed by atoms with Crippen molar-refractivity contribution in [3.63, 3.8) is 0 Å². The van der Waals surface area contributed by atoms with Gasteiger partial charge in [-0.15, -0.1) is 11.8 Å². The largest absolute Gasteiger partial charge is 0.379 e. The van der Waals surface area contributed by atoms with Gasteiger partial charge in [0.2, 0.25) is 5.91 Å². The van der Waals surface area contributed by atoms with Gasteiger partial charge in [0.05, 0.1) is 24.2 Å². The van der Waals surface area contributed by atoms with Crippen LogP contribution in [0.25, 0.3) is 10.9 Å². The number of hydrogen-bond donors (Lipinski definition) is 3. The number of carbonyl (C=O) groups excluding carboxylic acids is 2. The standard InChI is InChI=1S/C31H40N4O4S/c1-18-14-26(40-5)24(28(36)33-18)15-32-29(37)27-20(3)35(25-9-7-6-8-23(25)27)19(2)21-10-12-22(13-11-21)34-30(38)31(4)16-39-17-31/h6-9,14,19,21-22H,10-13,15-17H2,1-5H3,(H,32,37)(H,33,36)(H,34,38)/t19-,21?,22?/m1/s1. The topological polar surface area (TPSA) is 105 Å². The van der Waals surface area contributed by atoms with Crippen molar-refractivity contribution in [2.45, 2.75) is 76.9 Å². The van der Waals surface area contributed by atoms with Crippen molar-refractivity contribution in [1.29, 1.82) is 0 Å². The molecule has 1 aliphatic carbocycles. The van der Waals surface area contributed by atoms with E-state index in [0.29, 0.717) is 30.3 Å². The second-order valence-electron chi connectivity index (χ2n) is 11.7. The molecule has 2 aromatic heterocycles. The highest BCUT2D eigenvalue weighted by Crippen LogP contribution is 2.38. The van der Waals surface area contributed by atoms with Gasteiger partial charge < -0.3 is 24.9 Å². The Morgan fingerprint density at radius 3 is 2.52 bits per heavy atom. The summed E-state index contributed by atoms with van der Waals surface area (Å²) in [7, 11) is 0. The predicted octanol–water partition coefficient (Wildman–Crippen LogP) is 4.87. The van der Waals surface area contributed by atoms with Crippen LogP contribution < -0.4 is 16.2 Å². The lowest BCUT2D eigenvalue weighted by atomic mass is 9.80. The highest BCUT2D eigenvalue weighted by Gasteiger charge is 2.42. The molecule has 2 fully saturated rings. The third-order valence-electron chi connectivity index (χ3n) is 8.84. The lowest BCUT2D eigenvalue weighted by Crippen LogP contribution is -2.54. The SMILES string of the molecule is CSc1cc(C)[nH]c(=O)c1CNC(=O)c1c(C)n([C@H](C)C2CCC(NC(=O)C3(C)COC3)CC2)c2ccccc12. The first-order chi connectivity index (χ1) is 19.1. The van der Waals surface area contributed by atoms with E-state index in [1.165, 1.54) is 11.8 Å². The molecule has 1 aliphatic heterocycles. The third-order valence-corrected chi connectivity index (χ3v) is 9.65. The van der Waals surface area contributed by atoms with E-state index in [0.717, 1.165) is 52.9 Å². The lowest BCUT2D eigenvalue weighted by Gasteiger charge is -2.39. The lowest BCUT2D eigenvalue weighted by molar-refractivity contribution is -0.158. The number of pyridine rings is 1. The molecule has 3 N–H and O–H groups in total. The second-order valence-corrected chi connectivity index (χ2v) is 12.6. The molecule has 0 radical (unpaired) electrons. The second kappa shape index (κ2) is 11.4. The van der Waals surface area contributed by atoms with Crippen LogP contribution in [-0.2, 0) is 16.1 Å². The summed E-state index contributed by atoms with van der Waals surface area (Å²) in [5, 5.41) is 7.21. The quantitative estimate of drug-likeness (QED) is 0.339. The Labute approximate surface area is 239 Å². The molecule has 3 heterocycles. The molecule has 1 aromatic carbocycles. The fourth-order valence-electron chi connectivity index (χ4n) is 6.35. The number of aryl methyl sites for hydroxylation is 1. The number of aromatic nitrogens is 2. The average molecular weight is 565 g/mol. The minimum absolute atomic E-state index is 0.107. The Morgan fingerprint density at radius 1 is 1.18 bits per heavy atom. The van der Waals surface area contributed by atoms with E-state index < -0.39 is 0 Å². The van der Waals surface area contributed by atoms with Crippen molar-refractivity contribution < 1.29 is 14.3 Å². The van der Waals surface area contributed by atoms with Crippen molar-refractivity contribution in [3.8, 4) is 0 Å². The molecule has 214 valence electrons. The number of aromatic amines is 1. The molecular formula is C31H40N4O4S. The van der Waals surface area contributed by atoms with Crippen LogP contribution >= 0.6 is 11.8 Å². The molecule has 3 aromatic rings. The molecule has 8 nitrogen and oxygen atoms in total. The van der Waals surface area contributed by atoms with Crippen LogP contribution in [0.15, 0.2) is 40.0 Å². The van der Waals surface area contributed by atoms with Crippen LogP contribution in [-0.4, -0.2) is 46.9 Å². The number of fused-ring (bicyclic) bond motifs is 1. The van der Waals surface area contributed by atoms with E-state index in [4.69, 9.17) is 4.74 Å². The number of para-hydroxylation sites is 1. The van der Waals surface area contributed by atoms with Crippen LogP contribution in [0.1, 0.15) is 72.9 Å². The van der Waals surface area contributed by atoms with Crippen LogP contribution in [0, 0.1) is 25.2 Å². The zero-order chi connectivity index (χ0) is 28.6. The minimum atomic E-state index is -0.383. The smallest absolute Gasteiger partial charge is 0.254 e. The van der Waals surface area contributed by atoms with Crippen molar-refractivity contribution >= 4 is 34.5 Å². The number of nitrogens with zero attached hydrogens (tertiary/aromatic N) is 1. The first kappa shape index (κ1) is 28.5. The van der Waals surface area contributed by atoms with E-state index in [1.54, 1.807) is 0 Å². The Balaban J connectivity index is 1.32. The molecule has 40 heavy (non-hydrogen) atoms. The predicted molar refractivity (Wildman–Crippen MR) is 159 cm³/mol. The van der Waals surface area contributed by atoms with Gasteiger partial charge in [0.25, 0.3) is 11.5 Å². The van der Waals surface area contributed by atoms with E-state index in [-0.39, 0.29) is 41.4 Å². The molecule has 1 atom stereocenters. The molecule has 2 aliphatic rings. The number of nitrogens with one attached hydrogen (secondary N) is 3. The monoisotopic (exact) mass is 564 g/mol. The summed E-state index contributed by atoms with van der Waals surface area (Å²) in [6.07, 6.45) is 5.86. The minimum Gasteiger partial charge on any atom is -0.379 e. The third kappa shape index (κ3) is 5.33. The highest BCUT2D eigenvalue weighted by molar-refractivity contribution is 7.98. The molecule has 9 heteroatoms. The number of amides is 2. The van der Waals surface area contributed by atoms with Gasteiger partial charge in [-0.25, -0.2) is 0 Å². The Hall–Kier alpha value is -3.04. The first-order valence-electron chi connectivity index (χ1n) is 14.2. The zero-order valence-corrected chi connectivity index (χ0v) is 24.9. The molecule has 0 unspecified atom stereocenters. The van der Waals surface area contributed by atoms with E-state index in [2.05, 4.69) is 33.2 Å². The summed E-state index contributed by atoms with van der Waals surface area (Å²) in [6, 6.07) is 10.4. The molecule has 0 bridgehead atoms. The van der Waals surface area contributed by atoms with Crippen LogP contribution in [0.4, 0.5) is 0 Å². The Bertz CT molecular complexity index is 1480. The van der Waals surface area contributed by atoms with Crippen LogP contribution in [0.5, 0.6) is 0 Å². The van der Waals surface area contributed by atoms with Crippen LogP contribution in [0.3, 0.4) is 0 Å². The van der Waals surface area contributed by atoms with Gasteiger partial charge in [-0.2, -0.15) is 0 Å². The fraction of sp³-hybridized carbons (Fsp3) is 0.516. The molecule has 1 saturated heterocycles. The van der Waals surface area contributed by atoms with Gasteiger partial charge in [0, 0.05) is 51.4 Å². The summed E-state index contributed by atoms with van der Waals surface area (Å²) in [4.78, 5) is 42.6. The van der Waals surface area contributed by atoms with Crippen molar-refractivity contribution in [2.75, 3.05) is 19.5 Å². The molecule has 1 saturated carbocycles. The number of hydrogen-bond acceptors (Lipinski definition) is 5. The van der Waals surface area contributed by atoms with Gasteiger partial charge in [0.15, 0.2) is 0 Å². The molecular weight excluding hydrogens is 524 g/mol. The number of ether oxygens (including phenoxy) is 1. The van der Waals surface area contributed by atoms with Gasteiger partial charge in [0.1, 0.15) is 0 Å². The maximum Gasteiger partial charge on any atom is 0.254 e. The number of benzene rings is 1. The Kier molecular flexibility index (Phi) is 8.15. The highest BCUT2D eigenvalue weighted by atomic mass is 32.2. The van der Waals surface area contributed by atoms with Gasteiger partial charge in [-0.3, -0.25) is 14.4 Å². The average Bonchev–Trinajstić information content (AvgIpc) is 3.22.